The van der Waals surface area contributed by atoms with Gasteiger partial charge in [-0.15, -0.1) is 11.3 Å². The molecule has 0 aliphatic rings. The van der Waals surface area contributed by atoms with E-state index < -0.39 is 0 Å². The van der Waals surface area contributed by atoms with Gasteiger partial charge in [0.15, 0.2) is 11.7 Å². The number of halogens is 1. The van der Waals surface area contributed by atoms with E-state index in [2.05, 4.69) is 50.1 Å². The Morgan fingerprint density at radius 1 is 1.17 bits per heavy atom. The van der Waals surface area contributed by atoms with E-state index in [4.69, 9.17) is 16.3 Å². The standard InChI is InChI=1S/C24H27ClN2O2S/c1-15-6-9-21(19(10-15)24(3,4)5)29-14-22(28)27-23-26-13-18(30-23)11-17-8-7-16(2)20(25)12-17/h6-10,12-13H,11,14H2,1-5H3,(H,26,27,28). The molecule has 3 rings (SSSR count). The van der Waals surface area contributed by atoms with Crippen LogP contribution in [0.4, 0.5) is 5.13 Å². The lowest BCUT2D eigenvalue weighted by Crippen LogP contribution is -2.22. The van der Waals surface area contributed by atoms with Gasteiger partial charge in [0.1, 0.15) is 5.75 Å². The summed E-state index contributed by atoms with van der Waals surface area (Å²) in [5, 5.41) is 4.15. The van der Waals surface area contributed by atoms with E-state index in [1.807, 2.05) is 31.2 Å². The van der Waals surface area contributed by atoms with Gasteiger partial charge in [0.05, 0.1) is 0 Å². The van der Waals surface area contributed by atoms with Crippen LogP contribution in [0.5, 0.6) is 5.75 Å². The molecule has 30 heavy (non-hydrogen) atoms. The molecule has 2 aromatic carbocycles. The smallest absolute Gasteiger partial charge is 0.264 e. The van der Waals surface area contributed by atoms with Gasteiger partial charge in [-0.05, 0) is 48.1 Å². The highest BCUT2D eigenvalue weighted by molar-refractivity contribution is 7.15. The van der Waals surface area contributed by atoms with Crippen molar-refractivity contribution in [2.45, 2.75) is 46.5 Å². The van der Waals surface area contributed by atoms with Gasteiger partial charge in [-0.1, -0.05) is 62.2 Å². The second kappa shape index (κ2) is 9.19. The molecule has 0 radical (unpaired) electrons. The highest BCUT2D eigenvalue weighted by Gasteiger charge is 2.20. The fourth-order valence-corrected chi connectivity index (χ4v) is 4.11. The van der Waals surface area contributed by atoms with Crippen LogP contribution in [0.1, 0.15) is 47.9 Å². The summed E-state index contributed by atoms with van der Waals surface area (Å²) in [6.45, 7) is 10.4. The molecular formula is C24H27ClN2O2S. The van der Waals surface area contributed by atoms with E-state index in [0.29, 0.717) is 5.13 Å². The first-order valence-corrected chi connectivity index (χ1v) is 11.0. The molecule has 0 saturated carbocycles. The minimum Gasteiger partial charge on any atom is -0.483 e. The third-order valence-corrected chi connectivity index (χ3v) is 6.04. The first-order valence-electron chi connectivity index (χ1n) is 9.85. The van der Waals surface area contributed by atoms with Crippen molar-refractivity contribution in [2.24, 2.45) is 0 Å². The molecule has 0 fully saturated rings. The maximum atomic E-state index is 12.4. The summed E-state index contributed by atoms with van der Waals surface area (Å²) in [6.07, 6.45) is 2.51. The summed E-state index contributed by atoms with van der Waals surface area (Å²) < 4.78 is 5.83. The fourth-order valence-electron chi connectivity index (χ4n) is 3.05. The average Bonchev–Trinajstić information content (AvgIpc) is 3.09. The van der Waals surface area contributed by atoms with Gasteiger partial charge in [-0.3, -0.25) is 10.1 Å². The second-order valence-corrected chi connectivity index (χ2v) is 10.0. The van der Waals surface area contributed by atoms with Crippen LogP contribution in [0.25, 0.3) is 0 Å². The van der Waals surface area contributed by atoms with Gasteiger partial charge >= 0.3 is 0 Å². The number of nitrogens with one attached hydrogen (secondary N) is 1. The number of ether oxygens (including phenoxy) is 1. The molecule has 0 spiro atoms. The topological polar surface area (TPSA) is 51.2 Å². The number of thiazole rings is 1. The maximum absolute atomic E-state index is 12.4. The van der Waals surface area contributed by atoms with E-state index in [1.54, 1.807) is 6.20 Å². The van der Waals surface area contributed by atoms with Crippen LogP contribution in [0, 0.1) is 13.8 Å². The summed E-state index contributed by atoms with van der Waals surface area (Å²) in [6, 6.07) is 12.1. The minimum absolute atomic E-state index is 0.0609. The first kappa shape index (κ1) is 22.3. The average molecular weight is 443 g/mol. The number of hydrogen-bond donors (Lipinski definition) is 1. The lowest BCUT2D eigenvalue weighted by molar-refractivity contribution is -0.118. The quantitative estimate of drug-likeness (QED) is 0.486. The van der Waals surface area contributed by atoms with Crippen molar-refractivity contribution in [3.63, 3.8) is 0 Å². The van der Waals surface area contributed by atoms with Gasteiger partial charge in [-0.2, -0.15) is 0 Å². The molecule has 3 aromatic rings. The van der Waals surface area contributed by atoms with Crippen LogP contribution in [-0.2, 0) is 16.6 Å². The number of nitrogens with zero attached hydrogens (tertiary/aromatic N) is 1. The molecular weight excluding hydrogens is 416 g/mol. The predicted octanol–water partition coefficient (Wildman–Crippen LogP) is 6.32. The molecule has 1 N–H and O–H groups in total. The zero-order valence-corrected chi connectivity index (χ0v) is 19.6. The lowest BCUT2D eigenvalue weighted by atomic mass is 9.85. The van der Waals surface area contributed by atoms with Crippen molar-refractivity contribution in [3.05, 3.63) is 74.7 Å². The van der Waals surface area contributed by atoms with E-state index in [0.717, 1.165) is 38.8 Å². The monoisotopic (exact) mass is 442 g/mol. The number of benzene rings is 2. The molecule has 0 bridgehead atoms. The van der Waals surface area contributed by atoms with E-state index in [-0.39, 0.29) is 17.9 Å². The predicted molar refractivity (Wildman–Crippen MR) is 125 cm³/mol. The number of hydrogen-bond acceptors (Lipinski definition) is 4. The third-order valence-electron chi connectivity index (χ3n) is 4.72. The molecule has 0 aliphatic heterocycles. The third kappa shape index (κ3) is 5.83. The van der Waals surface area contributed by atoms with Crippen LogP contribution >= 0.6 is 22.9 Å². The van der Waals surface area contributed by atoms with E-state index >= 15 is 0 Å². The molecule has 0 saturated heterocycles. The Labute approximate surface area is 187 Å². The maximum Gasteiger partial charge on any atom is 0.264 e. The SMILES string of the molecule is Cc1ccc(OCC(=O)Nc2ncc(Cc3ccc(C)c(Cl)c3)s2)c(C(C)(C)C)c1. The van der Waals surface area contributed by atoms with Gasteiger partial charge in [0, 0.05) is 22.5 Å². The summed E-state index contributed by atoms with van der Waals surface area (Å²) in [5.41, 5.74) is 4.36. The Hall–Kier alpha value is -2.37. The van der Waals surface area contributed by atoms with Gasteiger partial charge in [0.2, 0.25) is 0 Å². The Kier molecular flexibility index (Phi) is 6.84. The van der Waals surface area contributed by atoms with Gasteiger partial charge in [0.25, 0.3) is 5.91 Å². The Bertz CT molecular complexity index is 1050. The van der Waals surface area contributed by atoms with Crippen molar-refractivity contribution in [3.8, 4) is 5.75 Å². The largest absolute Gasteiger partial charge is 0.483 e. The number of anilines is 1. The summed E-state index contributed by atoms with van der Waals surface area (Å²) in [5.74, 6) is 0.508. The number of aromatic nitrogens is 1. The number of amides is 1. The van der Waals surface area contributed by atoms with E-state index in [9.17, 15) is 4.79 Å². The van der Waals surface area contributed by atoms with E-state index in [1.165, 1.54) is 16.9 Å². The first-order chi connectivity index (χ1) is 14.1. The highest BCUT2D eigenvalue weighted by atomic mass is 35.5. The molecule has 0 aliphatic carbocycles. The van der Waals surface area contributed by atoms with Crippen molar-refractivity contribution < 1.29 is 9.53 Å². The number of aryl methyl sites for hydroxylation is 2. The number of carbonyl (C=O) groups is 1. The summed E-state index contributed by atoms with van der Waals surface area (Å²) in [7, 11) is 0. The normalized spacial score (nSPS) is 11.4. The molecule has 1 heterocycles. The number of rotatable bonds is 6. The van der Waals surface area contributed by atoms with Gasteiger partial charge < -0.3 is 4.74 Å². The molecule has 158 valence electrons. The lowest BCUT2D eigenvalue weighted by Gasteiger charge is -2.23. The Morgan fingerprint density at radius 2 is 1.93 bits per heavy atom. The summed E-state index contributed by atoms with van der Waals surface area (Å²) in [4.78, 5) is 17.7. The molecule has 1 amide bonds. The zero-order valence-electron chi connectivity index (χ0n) is 18.0. The second-order valence-electron chi connectivity index (χ2n) is 8.48. The van der Waals surface area contributed by atoms with Crippen molar-refractivity contribution in [1.29, 1.82) is 0 Å². The van der Waals surface area contributed by atoms with Crippen molar-refractivity contribution >= 4 is 34.0 Å². The van der Waals surface area contributed by atoms with Crippen molar-refractivity contribution in [2.75, 3.05) is 11.9 Å². The Balaban J connectivity index is 1.59. The molecule has 0 unspecified atom stereocenters. The molecule has 1 aromatic heterocycles. The van der Waals surface area contributed by atoms with Crippen LogP contribution in [0.2, 0.25) is 5.02 Å². The minimum atomic E-state index is -0.227. The van der Waals surface area contributed by atoms with Crippen LogP contribution < -0.4 is 10.1 Å². The van der Waals surface area contributed by atoms with Crippen LogP contribution in [0.3, 0.4) is 0 Å². The summed E-state index contributed by atoms with van der Waals surface area (Å²) >= 11 is 7.66. The molecule has 4 nitrogen and oxygen atoms in total. The molecule has 6 heteroatoms. The van der Waals surface area contributed by atoms with Crippen LogP contribution in [0.15, 0.2) is 42.6 Å². The molecule has 0 atom stereocenters. The number of carbonyl (C=O) groups excluding carboxylic acids is 1. The fraction of sp³-hybridized carbons (Fsp3) is 0.333. The van der Waals surface area contributed by atoms with Crippen LogP contribution in [-0.4, -0.2) is 17.5 Å². The Morgan fingerprint density at radius 3 is 2.63 bits per heavy atom. The van der Waals surface area contributed by atoms with Gasteiger partial charge in [-0.25, -0.2) is 4.98 Å². The zero-order chi connectivity index (χ0) is 21.9. The van der Waals surface area contributed by atoms with Crippen molar-refractivity contribution in [1.82, 2.24) is 4.98 Å². The highest BCUT2D eigenvalue weighted by Crippen LogP contribution is 2.32.